The van der Waals surface area contributed by atoms with Crippen LogP contribution in [0.2, 0.25) is 0 Å². The average Bonchev–Trinajstić information content (AvgIpc) is 3.35. The number of amides is 1. The molecule has 5 rings (SSSR count). The molecule has 1 amide bonds. The van der Waals surface area contributed by atoms with Crippen molar-refractivity contribution in [3.63, 3.8) is 0 Å². The number of hydrogen-bond acceptors (Lipinski definition) is 4. The molecule has 1 aromatic heterocycles. The van der Waals surface area contributed by atoms with Gasteiger partial charge in [0, 0.05) is 28.0 Å². The summed E-state index contributed by atoms with van der Waals surface area (Å²) in [5.41, 5.74) is 3.64. The highest BCUT2D eigenvalue weighted by atomic mass is 32.1. The van der Waals surface area contributed by atoms with Crippen LogP contribution < -0.4 is 15.4 Å². The largest absolute Gasteiger partial charge is 0.493 e. The molecule has 0 spiro atoms. The number of carbonyl (C=O) groups is 1. The molecule has 2 bridgehead atoms. The molecule has 178 valence electrons. The number of fused-ring (bicyclic) bond motifs is 3. The zero-order chi connectivity index (χ0) is 23.5. The lowest BCUT2D eigenvalue weighted by Gasteiger charge is -2.23. The Morgan fingerprint density at radius 3 is 2.53 bits per heavy atom. The number of nitrogens with one attached hydrogen (secondary N) is 2. The van der Waals surface area contributed by atoms with Gasteiger partial charge in [-0.05, 0) is 104 Å². The fraction of sp³-hybridized carbons (Fsp3) is 0.393. The Kier molecular flexibility index (Phi) is 6.97. The van der Waals surface area contributed by atoms with E-state index in [4.69, 9.17) is 4.74 Å². The molecule has 2 aliphatic carbocycles. The molecule has 1 fully saturated rings. The summed E-state index contributed by atoms with van der Waals surface area (Å²) < 4.78 is 18.5. The van der Waals surface area contributed by atoms with Crippen molar-refractivity contribution in [1.82, 2.24) is 5.32 Å². The first-order chi connectivity index (χ1) is 16.5. The second-order valence-corrected chi connectivity index (χ2v) is 10.9. The molecule has 0 saturated heterocycles. The Morgan fingerprint density at radius 2 is 1.79 bits per heavy atom. The molecule has 6 heteroatoms. The van der Waals surface area contributed by atoms with E-state index in [1.54, 1.807) is 12.1 Å². The highest BCUT2D eigenvalue weighted by Gasteiger charge is 2.38. The summed E-state index contributed by atoms with van der Waals surface area (Å²) in [6, 6.07) is 17.2. The minimum atomic E-state index is -0.304. The van der Waals surface area contributed by atoms with Crippen molar-refractivity contribution in [2.24, 2.45) is 11.8 Å². The number of halogens is 1. The average molecular weight is 479 g/mol. The maximum Gasteiger partial charge on any atom is 0.227 e. The van der Waals surface area contributed by atoms with Crippen LogP contribution in [-0.2, 0) is 24.2 Å². The van der Waals surface area contributed by atoms with Gasteiger partial charge < -0.3 is 15.4 Å². The van der Waals surface area contributed by atoms with Gasteiger partial charge >= 0.3 is 0 Å². The van der Waals surface area contributed by atoms with Crippen molar-refractivity contribution in [1.29, 1.82) is 0 Å². The molecule has 0 unspecified atom stereocenters. The van der Waals surface area contributed by atoms with Crippen LogP contribution in [0.3, 0.4) is 0 Å². The molecule has 1 heterocycles. The van der Waals surface area contributed by atoms with Crippen molar-refractivity contribution < 1.29 is 13.9 Å². The number of anilines is 1. The molecule has 0 radical (unpaired) electrons. The lowest BCUT2D eigenvalue weighted by atomic mass is 9.93. The maximum absolute atomic E-state index is 13.0. The van der Waals surface area contributed by atoms with Crippen LogP contribution in [0.1, 0.15) is 40.1 Å². The second-order valence-electron chi connectivity index (χ2n) is 9.51. The molecule has 0 aliphatic heterocycles. The van der Waals surface area contributed by atoms with Crippen LogP contribution in [0.5, 0.6) is 5.75 Å². The highest BCUT2D eigenvalue weighted by Crippen LogP contribution is 2.41. The van der Waals surface area contributed by atoms with Crippen LogP contribution in [-0.4, -0.2) is 18.6 Å². The van der Waals surface area contributed by atoms with E-state index >= 15 is 0 Å². The van der Waals surface area contributed by atoms with Crippen molar-refractivity contribution in [3.8, 4) is 5.75 Å². The Labute approximate surface area is 204 Å². The first-order valence-corrected chi connectivity index (χ1v) is 12.9. The Morgan fingerprint density at radius 1 is 1.03 bits per heavy atom. The Hall–Kier alpha value is -2.70. The van der Waals surface area contributed by atoms with Crippen LogP contribution in [0, 0.1) is 24.6 Å². The van der Waals surface area contributed by atoms with Crippen LogP contribution >= 0.6 is 11.3 Å². The van der Waals surface area contributed by atoms with Crippen molar-refractivity contribution in [2.45, 2.75) is 51.6 Å². The quantitative estimate of drug-likeness (QED) is 0.425. The van der Waals surface area contributed by atoms with Gasteiger partial charge in [0.2, 0.25) is 5.91 Å². The first kappa shape index (κ1) is 23.1. The molecule has 4 nitrogen and oxygen atoms in total. The van der Waals surface area contributed by atoms with Gasteiger partial charge in [-0.3, -0.25) is 4.79 Å². The number of rotatable bonds is 8. The van der Waals surface area contributed by atoms with Crippen molar-refractivity contribution >= 4 is 22.9 Å². The predicted molar refractivity (Wildman–Crippen MR) is 135 cm³/mol. The van der Waals surface area contributed by atoms with Gasteiger partial charge in [-0.1, -0.05) is 6.07 Å². The van der Waals surface area contributed by atoms with Gasteiger partial charge in [0.1, 0.15) is 11.6 Å². The van der Waals surface area contributed by atoms with E-state index in [0.29, 0.717) is 23.6 Å². The summed E-state index contributed by atoms with van der Waals surface area (Å²) in [4.78, 5) is 15.2. The molecule has 1 saturated carbocycles. The van der Waals surface area contributed by atoms with Gasteiger partial charge in [0.15, 0.2) is 0 Å². The zero-order valence-electron chi connectivity index (χ0n) is 19.5. The van der Waals surface area contributed by atoms with E-state index < -0.39 is 0 Å². The van der Waals surface area contributed by atoms with E-state index in [1.165, 1.54) is 45.9 Å². The number of aryl methyl sites for hydroxylation is 1. The monoisotopic (exact) mass is 478 g/mol. The molecular formula is C28H31FN2O2S. The van der Waals surface area contributed by atoms with E-state index in [0.717, 1.165) is 25.1 Å². The summed E-state index contributed by atoms with van der Waals surface area (Å²) in [6.07, 6.45) is 4.96. The molecule has 2 N–H and O–H groups in total. The normalized spacial score (nSPS) is 21.1. The fourth-order valence-corrected chi connectivity index (χ4v) is 6.28. The summed E-state index contributed by atoms with van der Waals surface area (Å²) in [5.74, 6) is 1.49. The third-order valence-corrected chi connectivity index (χ3v) is 8.10. The number of ether oxygens (including phenoxy) is 1. The van der Waals surface area contributed by atoms with Crippen molar-refractivity contribution in [2.75, 3.05) is 11.9 Å². The number of carbonyl (C=O) groups excluding carboxylic acids is 1. The SMILES string of the molecule is Cc1ccc(CN[C@H]2[C@@H]3CC[C@H]2Cc2ccc(NC(=O)CCOc4ccc(F)cc4)cc2C3)s1. The van der Waals surface area contributed by atoms with Crippen molar-refractivity contribution in [3.05, 3.63) is 81.3 Å². The first-order valence-electron chi connectivity index (χ1n) is 12.1. The predicted octanol–water partition coefficient (Wildman–Crippen LogP) is 5.89. The van der Waals surface area contributed by atoms with Gasteiger partial charge in [-0.15, -0.1) is 11.3 Å². The third kappa shape index (κ3) is 5.50. The van der Waals surface area contributed by atoms with Crippen LogP contribution in [0.4, 0.5) is 10.1 Å². The lowest BCUT2D eigenvalue weighted by Crippen LogP contribution is -2.37. The summed E-state index contributed by atoms with van der Waals surface area (Å²) in [5, 5.41) is 6.90. The van der Waals surface area contributed by atoms with Crippen LogP contribution in [0.15, 0.2) is 54.6 Å². The summed E-state index contributed by atoms with van der Waals surface area (Å²) in [7, 11) is 0. The van der Waals surface area contributed by atoms with E-state index in [-0.39, 0.29) is 24.8 Å². The smallest absolute Gasteiger partial charge is 0.227 e. The second kappa shape index (κ2) is 10.3. The number of hydrogen-bond donors (Lipinski definition) is 2. The molecule has 2 aromatic carbocycles. The fourth-order valence-electron chi connectivity index (χ4n) is 5.44. The molecule has 3 aromatic rings. The minimum Gasteiger partial charge on any atom is -0.493 e. The number of benzene rings is 2. The number of thiophene rings is 1. The third-order valence-electron chi connectivity index (χ3n) is 7.10. The lowest BCUT2D eigenvalue weighted by molar-refractivity contribution is -0.116. The van der Waals surface area contributed by atoms with E-state index in [9.17, 15) is 9.18 Å². The van der Waals surface area contributed by atoms with Gasteiger partial charge in [0.05, 0.1) is 13.0 Å². The molecular weight excluding hydrogens is 447 g/mol. The highest BCUT2D eigenvalue weighted by molar-refractivity contribution is 7.11. The topological polar surface area (TPSA) is 50.4 Å². The van der Waals surface area contributed by atoms with E-state index in [1.807, 2.05) is 17.4 Å². The molecule has 3 atom stereocenters. The Balaban J connectivity index is 1.16. The molecule has 2 aliphatic rings. The Bertz CT molecular complexity index is 1140. The van der Waals surface area contributed by atoms with Crippen LogP contribution in [0.25, 0.3) is 0 Å². The minimum absolute atomic E-state index is 0.0806. The summed E-state index contributed by atoms with van der Waals surface area (Å²) in [6.45, 7) is 3.37. The zero-order valence-corrected chi connectivity index (χ0v) is 20.3. The van der Waals surface area contributed by atoms with Gasteiger partial charge in [-0.2, -0.15) is 0 Å². The van der Waals surface area contributed by atoms with Gasteiger partial charge in [0.25, 0.3) is 0 Å². The summed E-state index contributed by atoms with van der Waals surface area (Å²) >= 11 is 1.88. The molecule has 34 heavy (non-hydrogen) atoms. The maximum atomic E-state index is 13.0. The standard InChI is InChI=1S/C28H31FN2O2S/c1-18-2-11-26(34-18)17-30-28-20-3-4-21(28)15-22-16-24(8-5-19(22)14-20)31-27(32)12-13-33-25-9-6-23(29)7-10-25/h2,5-11,16,20-21,28,30H,3-4,12-15,17H2,1H3,(H,31,32)/t20-,21+,28+/m0/s1. The van der Waals surface area contributed by atoms with E-state index in [2.05, 4.69) is 41.8 Å². The van der Waals surface area contributed by atoms with Gasteiger partial charge in [-0.25, -0.2) is 4.39 Å².